The van der Waals surface area contributed by atoms with Gasteiger partial charge in [0.05, 0.1) is 8.66 Å². The molecule has 0 aromatic carbocycles. The largest absolute Gasteiger partial charge is 0.479 e. The van der Waals surface area contributed by atoms with Gasteiger partial charge >= 0.3 is 5.97 Å². The van der Waals surface area contributed by atoms with Crippen LogP contribution >= 0.6 is 27.3 Å². The first-order chi connectivity index (χ1) is 6.04. The van der Waals surface area contributed by atoms with Crippen LogP contribution in [0.15, 0.2) is 9.85 Å². The van der Waals surface area contributed by atoms with Crippen LogP contribution in [0.1, 0.15) is 16.9 Å². The maximum Gasteiger partial charge on any atom is 0.341 e. The van der Waals surface area contributed by atoms with Gasteiger partial charge in [-0.2, -0.15) is 0 Å². The molecule has 13 heavy (non-hydrogen) atoms. The van der Waals surface area contributed by atoms with Crippen LogP contribution in [0.5, 0.6) is 0 Å². The third-order valence-corrected chi connectivity index (χ3v) is 4.10. The lowest BCUT2D eigenvalue weighted by atomic mass is 10.0. The lowest BCUT2D eigenvalue weighted by molar-refractivity contribution is -0.159. The van der Waals surface area contributed by atoms with Crippen molar-refractivity contribution in [2.24, 2.45) is 0 Å². The second kappa shape index (κ2) is 2.80. The lowest BCUT2D eigenvalue weighted by Gasteiger charge is -2.15. The SMILES string of the molecule is O=C(O)C1(O)CCc2cc(Br)sc21. The number of aliphatic hydroxyl groups is 1. The highest BCUT2D eigenvalue weighted by Crippen LogP contribution is 2.43. The molecule has 3 nitrogen and oxygen atoms in total. The summed E-state index contributed by atoms with van der Waals surface area (Å²) in [6, 6.07) is 1.88. The molecule has 0 radical (unpaired) electrons. The van der Waals surface area contributed by atoms with E-state index in [9.17, 15) is 9.90 Å². The van der Waals surface area contributed by atoms with E-state index in [1.807, 2.05) is 6.07 Å². The van der Waals surface area contributed by atoms with E-state index in [1.54, 1.807) is 0 Å². The van der Waals surface area contributed by atoms with E-state index < -0.39 is 11.6 Å². The molecule has 0 spiro atoms. The summed E-state index contributed by atoms with van der Waals surface area (Å²) in [7, 11) is 0. The highest BCUT2D eigenvalue weighted by Gasteiger charge is 2.45. The minimum atomic E-state index is -1.65. The molecule has 1 heterocycles. The molecule has 1 aromatic heterocycles. The zero-order valence-corrected chi connectivity index (χ0v) is 8.98. The molecular weight excluding hydrogens is 256 g/mol. The summed E-state index contributed by atoms with van der Waals surface area (Å²) in [4.78, 5) is 11.4. The van der Waals surface area contributed by atoms with Gasteiger partial charge in [-0.3, -0.25) is 0 Å². The molecule has 1 unspecified atom stereocenters. The second-order valence-electron chi connectivity index (χ2n) is 3.07. The molecule has 1 aliphatic carbocycles. The molecule has 0 bridgehead atoms. The standard InChI is InChI=1S/C8H7BrO3S/c9-5-3-4-1-2-8(12,7(10)11)6(4)13-5/h3,12H,1-2H2,(H,10,11). The molecule has 0 saturated carbocycles. The van der Waals surface area contributed by atoms with E-state index in [0.29, 0.717) is 11.3 Å². The van der Waals surface area contributed by atoms with E-state index in [4.69, 9.17) is 5.11 Å². The van der Waals surface area contributed by atoms with Gasteiger partial charge in [0, 0.05) is 0 Å². The van der Waals surface area contributed by atoms with Gasteiger partial charge in [-0.1, -0.05) is 0 Å². The van der Waals surface area contributed by atoms with Gasteiger partial charge in [0.2, 0.25) is 0 Å². The maximum absolute atomic E-state index is 10.8. The second-order valence-corrected chi connectivity index (χ2v) is 5.50. The van der Waals surface area contributed by atoms with Crippen molar-refractivity contribution < 1.29 is 15.0 Å². The third kappa shape index (κ3) is 1.22. The van der Waals surface area contributed by atoms with E-state index in [0.717, 1.165) is 9.35 Å². The Morgan fingerprint density at radius 1 is 1.69 bits per heavy atom. The molecule has 0 aliphatic heterocycles. The van der Waals surface area contributed by atoms with Crippen LogP contribution in [0, 0.1) is 0 Å². The molecule has 1 aromatic rings. The van der Waals surface area contributed by atoms with Gasteiger partial charge in [0.15, 0.2) is 5.60 Å². The fourth-order valence-electron chi connectivity index (χ4n) is 1.56. The zero-order valence-electron chi connectivity index (χ0n) is 6.58. The molecule has 0 amide bonds. The first-order valence-corrected chi connectivity index (χ1v) is 5.39. The monoisotopic (exact) mass is 262 g/mol. The summed E-state index contributed by atoms with van der Waals surface area (Å²) < 4.78 is 0.872. The summed E-state index contributed by atoms with van der Waals surface area (Å²) in [6.45, 7) is 0. The number of rotatable bonds is 1. The van der Waals surface area contributed by atoms with Gasteiger partial charge in [-0.05, 0) is 40.4 Å². The highest BCUT2D eigenvalue weighted by atomic mass is 79.9. The number of fused-ring (bicyclic) bond motifs is 1. The van der Waals surface area contributed by atoms with Crippen molar-refractivity contribution in [3.8, 4) is 0 Å². The van der Waals surface area contributed by atoms with E-state index in [1.165, 1.54) is 11.3 Å². The molecular formula is C8H7BrO3S. The molecule has 2 N–H and O–H groups in total. The zero-order chi connectivity index (χ0) is 9.64. The van der Waals surface area contributed by atoms with Crippen molar-refractivity contribution in [1.29, 1.82) is 0 Å². The van der Waals surface area contributed by atoms with Crippen molar-refractivity contribution in [2.45, 2.75) is 18.4 Å². The summed E-state index contributed by atoms with van der Waals surface area (Å²) in [6.07, 6.45) is 0.928. The molecule has 0 fully saturated rings. The van der Waals surface area contributed by atoms with Crippen LogP contribution in [0.2, 0.25) is 0 Å². The Bertz CT molecular complexity index is 373. The number of carboxylic acid groups (broad SMARTS) is 1. The number of carboxylic acids is 1. The Labute approximate surface area is 87.1 Å². The fraction of sp³-hybridized carbons (Fsp3) is 0.375. The predicted octanol–water partition coefficient (Wildman–Crippen LogP) is 1.73. The van der Waals surface area contributed by atoms with E-state index >= 15 is 0 Å². The molecule has 2 rings (SSSR count). The summed E-state index contributed by atoms with van der Waals surface area (Å²) >= 11 is 4.57. The van der Waals surface area contributed by atoms with Crippen molar-refractivity contribution in [2.75, 3.05) is 0 Å². The van der Waals surface area contributed by atoms with Crippen molar-refractivity contribution in [3.05, 3.63) is 20.3 Å². The third-order valence-electron chi connectivity index (χ3n) is 2.26. The Kier molecular flexibility index (Phi) is 1.98. The Morgan fingerprint density at radius 3 is 3.00 bits per heavy atom. The number of aryl methyl sites for hydroxylation is 1. The topological polar surface area (TPSA) is 57.5 Å². The van der Waals surface area contributed by atoms with Crippen molar-refractivity contribution in [1.82, 2.24) is 0 Å². The van der Waals surface area contributed by atoms with Crippen LogP contribution in [-0.4, -0.2) is 16.2 Å². The van der Waals surface area contributed by atoms with Gasteiger partial charge in [-0.25, -0.2) is 4.79 Å². The molecule has 70 valence electrons. The number of aliphatic carboxylic acids is 1. The minimum absolute atomic E-state index is 0.288. The van der Waals surface area contributed by atoms with Gasteiger partial charge in [-0.15, -0.1) is 11.3 Å². The lowest BCUT2D eigenvalue weighted by Crippen LogP contribution is -2.32. The highest BCUT2D eigenvalue weighted by molar-refractivity contribution is 9.11. The number of halogens is 1. The smallest absolute Gasteiger partial charge is 0.341 e. The van der Waals surface area contributed by atoms with Crippen LogP contribution in [0.25, 0.3) is 0 Å². The van der Waals surface area contributed by atoms with E-state index in [2.05, 4.69) is 15.9 Å². The fourth-order valence-corrected chi connectivity index (χ4v) is 3.37. The number of thiophene rings is 1. The maximum atomic E-state index is 10.8. The average molecular weight is 263 g/mol. The minimum Gasteiger partial charge on any atom is -0.479 e. The first-order valence-electron chi connectivity index (χ1n) is 3.78. The average Bonchev–Trinajstić information content (AvgIpc) is 2.53. The molecule has 5 heteroatoms. The summed E-state index contributed by atoms with van der Waals surface area (Å²) in [5.41, 5.74) is -0.701. The summed E-state index contributed by atoms with van der Waals surface area (Å²) in [5.74, 6) is -1.15. The van der Waals surface area contributed by atoms with Crippen LogP contribution in [0.4, 0.5) is 0 Å². The predicted molar refractivity (Wildman–Crippen MR) is 51.9 cm³/mol. The van der Waals surface area contributed by atoms with Gasteiger partial charge in [0.1, 0.15) is 0 Å². The quantitative estimate of drug-likeness (QED) is 0.811. The molecule has 0 saturated heterocycles. The Morgan fingerprint density at radius 2 is 2.38 bits per heavy atom. The molecule has 1 atom stereocenters. The van der Waals surface area contributed by atoms with Crippen molar-refractivity contribution in [3.63, 3.8) is 0 Å². The number of hydrogen-bond donors (Lipinski definition) is 2. The van der Waals surface area contributed by atoms with E-state index in [-0.39, 0.29) is 6.42 Å². The van der Waals surface area contributed by atoms with Crippen LogP contribution < -0.4 is 0 Å². The Hall–Kier alpha value is -0.390. The summed E-state index contributed by atoms with van der Waals surface area (Å²) in [5, 5.41) is 18.7. The Balaban J connectivity index is 2.53. The van der Waals surface area contributed by atoms with Gasteiger partial charge in [0.25, 0.3) is 0 Å². The van der Waals surface area contributed by atoms with Crippen molar-refractivity contribution >= 4 is 33.2 Å². The van der Waals surface area contributed by atoms with Gasteiger partial charge < -0.3 is 10.2 Å². The normalized spacial score (nSPS) is 26.0. The number of carbonyl (C=O) groups is 1. The van der Waals surface area contributed by atoms with Crippen LogP contribution in [-0.2, 0) is 16.8 Å². The number of hydrogen-bond acceptors (Lipinski definition) is 3. The molecule has 1 aliphatic rings. The first kappa shape index (κ1) is 9.18. The van der Waals surface area contributed by atoms with Crippen LogP contribution in [0.3, 0.4) is 0 Å².